The Balaban J connectivity index is 1.28. The van der Waals surface area contributed by atoms with Gasteiger partial charge in [-0.3, -0.25) is 9.88 Å². The number of fused-ring (bicyclic) bond motifs is 1. The molecular formula is C20H22N2O3. The number of aromatic hydroxyl groups is 1. The first-order valence-corrected chi connectivity index (χ1v) is 8.77. The molecule has 1 aromatic carbocycles. The summed E-state index contributed by atoms with van der Waals surface area (Å²) in [5.41, 5.74) is 0.605. The highest BCUT2D eigenvalue weighted by Crippen LogP contribution is 2.40. The van der Waals surface area contributed by atoms with Crippen molar-refractivity contribution in [1.29, 1.82) is 0 Å². The first kappa shape index (κ1) is 16.2. The second-order valence-corrected chi connectivity index (χ2v) is 7.08. The standard InChI is InChI=1S/C20H22N2O3/c23-16-6-7-19(21-10-16)20(24)13-22-11-14-8-18(9-15(14)12-22)25-17-4-2-1-3-5-17/h2,4-7,10,14-15,18,20,23-24H,8-9,11-13H2/t14-,15+,18+,20-/m1/s1. The molecule has 2 fully saturated rings. The molecule has 2 heterocycles. The number of rotatable bonds is 5. The van der Waals surface area contributed by atoms with Crippen LogP contribution in [0.25, 0.3) is 0 Å². The number of hydrogen-bond acceptors (Lipinski definition) is 5. The van der Waals surface area contributed by atoms with Crippen LogP contribution < -0.4 is 4.74 Å². The number of hydrogen-bond donors (Lipinski definition) is 2. The van der Waals surface area contributed by atoms with E-state index < -0.39 is 6.10 Å². The molecule has 0 bridgehead atoms. The van der Waals surface area contributed by atoms with Gasteiger partial charge in [0, 0.05) is 25.7 Å². The predicted molar refractivity (Wildman–Crippen MR) is 92.0 cm³/mol. The van der Waals surface area contributed by atoms with Crippen LogP contribution in [0.15, 0.2) is 36.5 Å². The second-order valence-electron chi connectivity index (χ2n) is 7.08. The SMILES string of the molecule is Oc1ccc([C@H](O)CN2C[C@H]3C[C@H](Oc4cc#ccc4)C[C@H]3C2)nc1. The van der Waals surface area contributed by atoms with Gasteiger partial charge in [0.2, 0.25) is 0 Å². The largest absolute Gasteiger partial charge is 0.506 e. The molecule has 2 aromatic rings. The third-order valence-electron chi connectivity index (χ3n) is 5.26. The zero-order valence-electron chi connectivity index (χ0n) is 14.0. The first-order chi connectivity index (χ1) is 12.2. The van der Waals surface area contributed by atoms with E-state index in [9.17, 15) is 10.2 Å². The van der Waals surface area contributed by atoms with Crippen LogP contribution in [0.5, 0.6) is 11.5 Å². The monoisotopic (exact) mass is 338 g/mol. The van der Waals surface area contributed by atoms with Crippen LogP contribution in [-0.4, -0.2) is 45.8 Å². The zero-order valence-corrected chi connectivity index (χ0v) is 14.0. The topological polar surface area (TPSA) is 65.8 Å². The molecule has 5 nitrogen and oxygen atoms in total. The Labute approximate surface area is 147 Å². The van der Waals surface area contributed by atoms with Crippen molar-refractivity contribution in [2.24, 2.45) is 11.8 Å². The van der Waals surface area contributed by atoms with E-state index in [1.165, 1.54) is 6.20 Å². The highest BCUT2D eigenvalue weighted by atomic mass is 16.5. The second kappa shape index (κ2) is 6.91. The third kappa shape index (κ3) is 3.71. The number of ether oxygens (including phenoxy) is 1. The van der Waals surface area contributed by atoms with Gasteiger partial charge in [-0.05, 0) is 48.9 Å². The number of aliphatic hydroxyl groups excluding tert-OH is 1. The Bertz CT molecular complexity index is 678. The maximum Gasteiger partial charge on any atom is 0.133 e. The summed E-state index contributed by atoms with van der Waals surface area (Å²) >= 11 is 0. The van der Waals surface area contributed by atoms with E-state index in [2.05, 4.69) is 22.0 Å². The van der Waals surface area contributed by atoms with E-state index in [0.29, 0.717) is 24.1 Å². The molecule has 1 aliphatic heterocycles. The van der Waals surface area contributed by atoms with Crippen LogP contribution in [0, 0.1) is 24.0 Å². The zero-order chi connectivity index (χ0) is 17.2. The average molecular weight is 338 g/mol. The fourth-order valence-corrected chi connectivity index (χ4v) is 4.12. The van der Waals surface area contributed by atoms with Crippen LogP contribution in [0.4, 0.5) is 0 Å². The highest BCUT2D eigenvalue weighted by Gasteiger charge is 2.42. The summed E-state index contributed by atoms with van der Waals surface area (Å²) in [5.74, 6) is 2.24. The molecule has 4 atom stereocenters. The van der Waals surface area contributed by atoms with Crippen LogP contribution in [0.3, 0.4) is 0 Å². The summed E-state index contributed by atoms with van der Waals surface area (Å²) in [6, 6.07) is 14.6. The highest BCUT2D eigenvalue weighted by molar-refractivity contribution is 5.19. The molecule has 2 N–H and O–H groups in total. The Morgan fingerprint density at radius 1 is 1.20 bits per heavy atom. The van der Waals surface area contributed by atoms with Gasteiger partial charge in [-0.25, -0.2) is 0 Å². The van der Waals surface area contributed by atoms with Crippen molar-refractivity contribution in [3.63, 3.8) is 0 Å². The molecule has 5 heteroatoms. The molecule has 2 aliphatic rings. The van der Waals surface area contributed by atoms with Crippen molar-refractivity contribution in [2.45, 2.75) is 25.0 Å². The summed E-state index contributed by atoms with van der Waals surface area (Å²) in [5, 5.41) is 19.7. The van der Waals surface area contributed by atoms with Gasteiger partial charge in [0.25, 0.3) is 0 Å². The van der Waals surface area contributed by atoms with E-state index in [1.807, 2.05) is 18.2 Å². The van der Waals surface area contributed by atoms with Crippen molar-refractivity contribution < 1.29 is 14.9 Å². The smallest absolute Gasteiger partial charge is 0.133 e. The fraction of sp³-hybridized carbons (Fsp3) is 0.450. The molecule has 4 rings (SSSR count). The lowest BCUT2D eigenvalue weighted by Gasteiger charge is -2.22. The minimum Gasteiger partial charge on any atom is -0.506 e. The summed E-state index contributed by atoms with van der Waals surface area (Å²) in [6.07, 6.45) is 3.15. The van der Waals surface area contributed by atoms with Crippen molar-refractivity contribution in [2.75, 3.05) is 19.6 Å². The molecule has 130 valence electrons. The van der Waals surface area contributed by atoms with E-state index >= 15 is 0 Å². The molecular weight excluding hydrogens is 316 g/mol. The lowest BCUT2D eigenvalue weighted by Crippen LogP contribution is -2.29. The molecule has 1 aromatic heterocycles. The Morgan fingerprint density at radius 3 is 2.64 bits per heavy atom. The van der Waals surface area contributed by atoms with Gasteiger partial charge in [-0.15, -0.1) is 0 Å². The summed E-state index contributed by atoms with van der Waals surface area (Å²) in [4.78, 5) is 6.41. The van der Waals surface area contributed by atoms with E-state index in [1.54, 1.807) is 12.1 Å². The third-order valence-corrected chi connectivity index (χ3v) is 5.26. The summed E-state index contributed by atoms with van der Waals surface area (Å²) < 4.78 is 6.06. The quantitative estimate of drug-likeness (QED) is 0.875. The van der Waals surface area contributed by atoms with Gasteiger partial charge in [0.05, 0.1) is 18.0 Å². The van der Waals surface area contributed by atoms with E-state index in [4.69, 9.17) is 4.74 Å². The molecule has 1 saturated carbocycles. The van der Waals surface area contributed by atoms with Crippen molar-refractivity contribution in [3.05, 3.63) is 54.4 Å². The maximum absolute atomic E-state index is 10.4. The van der Waals surface area contributed by atoms with Crippen LogP contribution in [0.2, 0.25) is 0 Å². The molecule has 0 amide bonds. The summed E-state index contributed by atoms with van der Waals surface area (Å²) in [6.45, 7) is 2.57. The van der Waals surface area contributed by atoms with Gasteiger partial charge in [0.1, 0.15) is 17.6 Å². The van der Waals surface area contributed by atoms with Crippen LogP contribution >= 0.6 is 0 Å². The number of nitrogens with zero attached hydrogens (tertiary/aromatic N) is 2. The molecule has 25 heavy (non-hydrogen) atoms. The van der Waals surface area contributed by atoms with Crippen molar-refractivity contribution in [3.8, 4) is 11.5 Å². The normalized spacial score (nSPS) is 26.8. The maximum atomic E-state index is 10.4. The number of pyridine rings is 1. The lowest BCUT2D eigenvalue weighted by molar-refractivity contribution is 0.113. The Morgan fingerprint density at radius 2 is 2.00 bits per heavy atom. The number of aromatic nitrogens is 1. The van der Waals surface area contributed by atoms with Gasteiger partial charge >= 0.3 is 0 Å². The minimum atomic E-state index is -0.623. The van der Waals surface area contributed by atoms with Crippen molar-refractivity contribution >= 4 is 0 Å². The van der Waals surface area contributed by atoms with Crippen LogP contribution in [0.1, 0.15) is 24.6 Å². The minimum absolute atomic E-state index is 0.117. The molecule has 0 spiro atoms. The number of likely N-dealkylation sites (tertiary alicyclic amines) is 1. The number of aliphatic hydroxyl groups is 1. The molecule has 0 unspecified atom stereocenters. The van der Waals surface area contributed by atoms with Gasteiger partial charge < -0.3 is 14.9 Å². The van der Waals surface area contributed by atoms with Gasteiger partial charge in [-0.1, -0.05) is 12.1 Å². The van der Waals surface area contributed by atoms with Gasteiger partial charge in [-0.2, -0.15) is 0 Å². The molecule has 0 radical (unpaired) electrons. The predicted octanol–water partition coefficient (Wildman–Crippen LogP) is 2.21. The van der Waals surface area contributed by atoms with Gasteiger partial charge in [0.15, 0.2) is 0 Å². The van der Waals surface area contributed by atoms with E-state index in [0.717, 1.165) is 31.7 Å². The van der Waals surface area contributed by atoms with E-state index in [-0.39, 0.29) is 11.9 Å². The Hall–Kier alpha value is -2.29. The van der Waals surface area contributed by atoms with Crippen molar-refractivity contribution in [1.82, 2.24) is 9.88 Å². The average Bonchev–Trinajstić information content (AvgIpc) is 3.14. The first-order valence-electron chi connectivity index (χ1n) is 8.77. The molecule has 1 aliphatic carbocycles. The van der Waals surface area contributed by atoms with Crippen LogP contribution in [-0.2, 0) is 0 Å². The lowest BCUT2D eigenvalue weighted by atomic mass is 10.0. The summed E-state index contributed by atoms with van der Waals surface area (Å²) in [7, 11) is 0. The Kier molecular flexibility index (Phi) is 4.48. The molecule has 1 saturated heterocycles. The number of β-amino-alcohol motifs (C(OH)–C–C–N with tert-alkyl or cyclic N) is 1. The fourth-order valence-electron chi connectivity index (χ4n) is 4.12.